The number of alkyl carbamates (subject to hydrolysis) is 1. The van der Waals surface area contributed by atoms with Crippen molar-refractivity contribution >= 4 is 17.7 Å². The van der Waals surface area contributed by atoms with E-state index in [1.165, 1.54) is 38.3 Å². The number of carbonyl (C=O) groups excluding carboxylic acids is 2. The largest absolute Gasteiger partial charge is 0.467 e. The summed E-state index contributed by atoms with van der Waals surface area (Å²) >= 11 is 0. The van der Waals surface area contributed by atoms with Crippen LogP contribution in [0.15, 0.2) is 24.3 Å². The van der Waals surface area contributed by atoms with E-state index in [4.69, 9.17) is 9.47 Å². The highest BCUT2D eigenvalue weighted by Crippen LogP contribution is 2.19. The van der Waals surface area contributed by atoms with Crippen LogP contribution in [0.1, 0.15) is 33.3 Å². The van der Waals surface area contributed by atoms with E-state index < -0.39 is 28.1 Å². The quantitative estimate of drug-likeness (QED) is 0.502. The van der Waals surface area contributed by atoms with E-state index in [1.54, 1.807) is 20.8 Å². The number of ether oxygens (including phenoxy) is 2. The van der Waals surface area contributed by atoms with Gasteiger partial charge in [-0.3, -0.25) is 10.1 Å². The summed E-state index contributed by atoms with van der Waals surface area (Å²) in [7, 11) is 1.22. The Kier molecular flexibility index (Phi) is 5.89. The number of esters is 1. The summed E-state index contributed by atoms with van der Waals surface area (Å²) in [4.78, 5) is 34.3. The molecule has 0 spiro atoms. The van der Waals surface area contributed by atoms with Crippen LogP contribution >= 0.6 is 0 Å². The highest BCUT2D eigenvalue weighted by atomic mass is 16.6. The summed E-state index contributed by atoms with van der Waals surface area (Å²) in [5, 5.41) is 13.2. The zero-order valence-electron chi connectivity index (χ0n) is 14.4. The monoisotopic (exact) mass is 338 g/mol. The Bertz CT molecular complexity index is 620. The Balaban J connectivity index is 2.97. The van der Waals surface area contributed by atoms with Crippen molar-refractivity contribution in [3.8, 4) is 0 Å². The van der Waals surface area contributed by atoms with Crippen molar-refractivity contribution in [2.45, 2.75) is 45.3 Å². The summed E-state index contributed by atoms with van der Waals surface area (Å²) in [5.74, 6) is -0.647. The molecule has 0 aromatic heterocycles. The molecule has 0 aliphatic heterocycles. The Labute approximate surface area is 140 Å². The molecule has 1 amide bonds. The molecular weight excluding hydrogens is 316 g/mol. The van der Waals surface area contributed by atoms with Gasteiger partial charge in [0.1, 0.15) is 11.1 Å². The number of nitrogens with zero attached hydrogens (tertiary/aromatic N) is 1. The van der Waals surface area contributed by atoms with Gasteiger partial charge in [0, 0.05) is 18.6 Å². The van der Waals surface area contributed by atoms with E-state index in [0.29, 0.717) is 5.56 Å². The van der Waals surface area contributed by atoms with Crippen LogP contribution < -0.4 is 5.32 Å². The molecule has 0 unspecified atom stereocenters. The third-order valence-electron chi connectivity index (χ3n) is 3.12. The van der Waals surface area contributed by atoms with Gasteiger partial charge in [0.25, 0.3) is 5.69 Å². The molecule has 24 heavy (non-hydrogen) atoms. The van der Waals surface area contributed by atoms with E-state index in [1.807, 2.05) is 0 Å². The van der Waals surface area contributed by atoms with Gasteiger partial charge in [-0.25, -0.2) is 9.59 Å². The molecule has 1 rings (SSSR count). The van der Waals surface area contributed by atoms with Gasteiger partial charge in [0.15, 0.2) is 0 Å². The Morgan fingerprint density at radius 2 is 1.71 bits per heavy atom. The normalized spacial score (nSPS) is 13.5. The fourth-order valence-electron chi connectivity index (χ4n) is 2.07. The number of hydrogen-bond acceptors (Lipinski definition) is 6. The molecule has 0 saturated carbocycles. The molecule has 1 atom stereocenters. The maximum absolute atomic E-state index is 12.1. The van der Waals surface area contributed by atoms with Crippen LogP contribution in [0.3, 0.4) is 0 Å². The maximum atomic E-state index is 12.1. The van der Waals surface area contributed by atoms with E-state index in [9.17, 15) is 19.7 Å². The van der Waals surface area contributed by atoms with Crippen LogP contribution in [-0.2, 0) is 20.7 Å². The lowest BCUT2D eigenvalue weighted by Crippen LogP contribution is -2.55. The smallest absolute Gasteiger partial charge is 0.408 e. The minimum Gasteiger partial charge on any atom is -0.467 e. The molecule has 8 nitrogen and oxygen atoms in total. The summed E-state index contributed by atoms with van der Waals surface area (Å²) in [5.41, 5.74) is -1.51. The third kappa shape index (κ3) is 5.53. The molecule has 132 valence electrons. The Hall–Kier alpha value is -2.64. The molecular formula is C16H22N2O6. The lowest BCUT2D eigenvalue weighted by molar-refractivity contribution is -0.384. The first-order chi connectivity index (χ1) is 11.0. The maximum Gasteiger partial charge on any atom is 0.408 e. The highest BCUT2D eigenvalue weighted by Gasteiger charge is 2.37. The van der Waals surface area contributed by atoms with Crippen LogP contribution in [0.2, 0.25) is 0 Å². The number of nitrogens with one attached hydrogen (secondary N) is 1. The van der Waals surface area contributed by atoms with Crippen molar-refractivity contribution in [2.24, 2.45) is 0 Å². The number of rotatable bonds is 5. The summed E-state index contributed by atoms with van der Waals surface area (Å²) in [6.45, 7) is 6.62. The zero-order valence-corrected chi connectivity index (χ0v) is 14.4. The second kappa shape index (κ2) is 7.29. The van der Waals surface area contributed by atoms with Crippen molar-refractivity contribution in [2.75, 3.05) is 7.11 Å². The number of amides is 1. The number of benzene rings is 1. The van der Waals surface area contributed by atoms with Crippen LogP contribution in [0.4, 0.5) is 10.5 Å². The Morgan fingerprint density at radius 3 is 2.12 bits per heavy atom. The number of non-ortho nitro benzene ring substituents is 1. The first kappa shape index (κ1) is 19.4. The summed E-state index contributed by atoms with van der Waals surface area (Å²) in [6.07, 6.45) is -0.658. The van der Waals surface area contributed by atoms with Crippen molar-refractivity contribution < 1.29 is 24.0 Å². The second-order valence-electron chi connectivity index (χ2n) is 6.55. The predicted octanol–water partition coefficient (Wildman–Crippen LogP) is 2.59. The van der Waals surface area contributed by atoms with Gasteiger partial charge in [0.2, 0.25) is 0 Å². The zero-order chi connectivity index (χ0) is 18.5. The van der Waals surface area contributed by atoms with Crippen molar-refractivity contribution in [3.05, 3.63) is 39.9 Å². The lowest BCUT2D eigenvalue weighted by Gasteiger charge is -2.29. The van der Waals surface area contributed by atoms with Gasteiger partial charge in [-0.05, 0) is 33.3 Å². The van der Waals surface area contributed by atoms with Gasteiger partial charge in [0.05, 0.1) is 12.0 Å². The third-order valence-corrected chi connectivity index (χ3v) is 3.12. The Morgan fingerprint density at radius 1 is 1.17 bits per heavy atom. The standard InChI is InChI=1S/C16H22N2O6/c1-15(2,3)24-14(20)17-16(4,13(19)23-5)10-11-6-8-12(9-7-11)18(21)22/h6-9H,10H2,1-5H3,(H,17,20)/t16-/m0/s1. The van der Waals surface area contributed by atoms with Gasteiger partial charge >= 0.3 is 12.1 Å². The minimum absolute atomic E-state index is 0.0568. The fraction of sp³-hybridized carbons (Fsp3) is 0.500. The molecule has 0 heterocycles. The van der Waals surface area contributed by atoms with Crippen LogP contribution in [0.25, 0.3) is 0 Å². The molecule has 1 N–H and O–H groups in total. The van der Waals surface area contributed by atoms with Gasteiger partial charge < -0.3 is 14.8 Å². The number of methoxy groups -OCH3 is 1. The van der Waals surface area contributed by atoms with E-state index in [0.717, 1.165) is 0 Å². The van der Waals surface area contributed by atoms with Crippen LogP contribution in [0.5, 0.6) is 0 Å². The minimum atomic E-state index is -1.37. The lowest BCUT2D eigenvalue weighted by atomic mass is 9.93. The molecule has 1 aromatic rings. The van der Waals surface area contributed by atoms with E-state index in [2.05, 4.69) is 5.32 Å². The fourth-order valence-corrected chi connectivity index (χ4v) is 2.07. The van der Waals surface area contributed by atoms with E-state index >= 15 is 0 Å². The number of nitro benzene ring substituents is 1. The van der Waals surface area contributed by atoms with Gasteiger partial charge in [-0.2, -0.15) is 0 Å². The number of carbonyl (C=O) groups is 2. The topological polar surface area (TPSA) is 108 Å². The number of nitro groups is 1. The number of hydrogen-bond donors (Lipinski definition) is 1. The van der Waals surface area contributed by atoms with E-state index in [-0.39, 0.29) is 12.1 Å². The average Bonchev–Trinajstić information content (AvgIpc) is 2.44. The molecule has 0 fully saturated rings. The highest BCUT2D eigenvalue weighted by molar-refractivity contribution is 5.85. The molecule has 0 aliphatic rings. The van der Waals surface area contributed by atoms with Crippen molar-refractivity contribution in [3.63, 3.8) is 0 Å². The summed E-state index contributed by atoms with van der Waals surface area (Å²) in [6, 6.07) is 5.72. The molecule has 0 aliphatic carbocycles. The van der Waals surface area contributed by atoms with Crippen molar-refractivity contribution in [1.82, 2.24) is 5.32 Å². The molecule has 0 radical (unpaired) electrons. The molecule has 1 aromatic carbocycles. The van der Waals surface area contributed by atoms with Gasteiger partial charge in [-0.1, -0.05) is 12.1 Å². The summed E-state index contributed by atoms with van der Waals surface area (Å²) < 4.78 is 9.93. The van der Waals surface area contributed by atoms with Crippen molar-refractivity contribution in [1.29, 1.82) is 0 Å². The predicted molar refractivity (Wildman–Crippen MR) is 86.6 cm³/mol. The molecule has 0 bridgehead atoms. The van der Waals surface area contributed by atoms with Gasteiger partial charge in [-0.15, -0.1) is 0 Å². The van der Waals surface area contributed by atoms with Crippen LogP contribution in [0, 0.1) is 10.1 Å². The van der Waals surface area contributed by atoms with Crippen LogP contribution in [-0.4, -0.2) is 35.2 Å². The SMILES string of the molecule is COC(=O)[C@](C)(Cc1ccc([N+](=O)[O-])cc1)NC(=O)OC(C)(C)C. The molecule has 8 heteroatoms. The first-order valence-corrected chi connectivity index (χ1v) is 7.30. The first-order valence-electron chi connectivity index (χ1n) is 7.30. The molecule has 0 saturated heterocycles. The average molecular weight is 338 g/mol. The second-order valence-corrected chi connectivity index (χ2v) is 6.55.